The second kappa shape index (κ2) is 6.31. The number of nitrogens with zero attached hydrogens (tertiary/aromatic N) is 2. The van der Waals surface area contributed by atoms with Gasteiger partial charge in [0.15, 0.2) is 0 Å². The van der Waals surface area contributed by atoms with Gasteiger partial charge in [0, 0.05) is 29.9 Å². The van der Waals surface area contributed by atoms with Crippen molar-refractivity contribution in [1.82, 2.24) is 19.5 Å². The molecule has 0 amide bonds. The third kappa shape index (κ3) is 3.12. The minimum atomic E-state index is -4.34. The van der Waals surface area contributed by atoms with E-state index in [1.165, 1.54) is 0 Å². The summed E-state index contributed by atoms with van der Waals surface area (Å²) < 4.78 is 12.4. The number of rotatable bonds is 4. The van der Waals surface area contributed by atoms with Crippen LogP contribution in [0.15, 0.2) is 52.3 Å². The van der Waals surface area contributed by atoms with Crippen molar-refractivity contribution in [2.45, 2.75) is 6.54 Å². The van der Waals surface area contributed by atoms with Gasteiger partial charge in [-0.25, -0.2) is 4.98 Å². The zero-order chi connectivity index (χ0) is 19.2. The number of fused-ring (bicyclic) bond motifs is 3. The molecule has 2 aromatic heterocycles. The second-order valence-corrected chi connectivity index (χ2v) is 7.88. The topological polar surface area (TPSA) is 141 Å². The molecule has 0 saturated carbocycles. The van der Waals surface area contributed by atoms with E-state index in [0.29, 0.717) is 22.2 Å². The molecule has 0 fully saturated rings. The Bertz CT molecular complexity index is 1320. The van der Waals surface area contributed by atoms with Gasteiger partial charge >= 0.3 is 18.7 Å². The van der Waals surface area contributed by atoms with E-state index in [1.807, 2.05) is 12.1 Å². The highest BCUT2D eigenvalue weighted by molar-refractivity contribution is 7.51. The maximum absolute atomic E-state index is 12.4. The van der Waals surface area contributed by atoms with Crippen LogP contribution in [0.5, 0.6) is 0 Å². The van der Waals surface area contributed by atoms with Gasteiger partial charge in [0.1, 0.15) is 5.82 Å². The van der Waals surface area contributed by atoms with Crippen LogP contribution in [0.2, 0.25) is 0 Å². The largest absolute Gasteiger partial charge is 0.345 e. The predicted molar refractivity (Wildman–Crippen MR) is 101 cm³/mol. The van der Waals surface area contributed by atoms with Gasteiger partial charge in [0.2, 0.25) is 0 Å². The zero-order valence-electron chi connectivity index (χ0n) is 13.9. The standard InChI is InChI=1S/C17H15N4O5P/c22-16-17(23)21(7-8-27(24,25)26)14-11-4-2-1-3-10(11)12(9-13(14)20-16)15-18-5-6-19-15/h1-6,9H,7-8H2,(H,18,19)(H,20,22)(H2,24,25,26). The van der Waals surface area contributed by atoms with Gasteiger partial charge in [-0.3, -0.25) is 14.2 Å². The number of benzene rings is 2. The lowest BCUT2D eigenvalue weighted by atomic mass is 10.0. The summed E-state index contributed by atoms with van der Waals surface area (Å²) in [7, 11) is -4.34. The van der Waals surface area contributed by atoms with E-state index in [-0.39, 0.29) is 6.54 Å². The van der Waals surface area contributed by atoms with Gasteiger partial charge in [-0.1, -0.05) is 24.3 Å². The quantitative estimate of drug-likeness (QED) is 0.237. The lowest BCUT2D eigenvalue weighted by Crippen LogP contribution is -2.37. The first-order valence-corrected chi connectivity index (χ1v) is 9.88. The first kappa shape index (κ1) is 17.4. The van der Waals surface area contributed by atoms with Crippen LogP contribution in [0.1, 0.15) is 0 Å². The summed E-state index contributed by atoms with van der Waals surface area (Å²) in [6.45, 7) is -0.270. The van der Waals surface area contributed by atoms with Crippen LogP contribution >= 0.6 is 7.60 Å². The Balaban J connectivity index is 2.11. The predicted octanol–water partition coefficient (Wildman–Crippen LogP) is 1.41. The maximum atomic E-state index is 12.4. The van der Waals surface area contributed by atoms with Gasteiger partial charge < -0.3 is 24.3 Å². The van der Waals surface area contributed by atoms with Crippen molar-refractivity contribution in [2.24, 2.45) is 0 Å². The van der Waals surface area contributed by atoms with Gasteiger partial charge in [-0.05, 0) is 11.5 Å². The molecule has 0 unspecified atom stereocenters. The smallest absolute Gasteiger partial charge is 0.327 e. The third-order valence-electron chi connectivity index (χ3n) is 4.34. The molecule has 4 N–H and O–H groups in total. The van der Waals surface area contributed by atoms with Crippen LogP contribution in [0, 0.1) is 0 Å². The molecule has 4 rings (SSSR count). The van der Waals surface area contributed by atoms with Crippen LogP contribution in [0.25, 0.3) is 33.2 Å². The van der Waals surface area contributed by atoms with Crippen LogP contribution in [-0.4, -0.2) is 35.5 Å². The zero-order valence-corrected chi connectivity index (χ0v) is 14.8. The summed E-state index contributed by atoms with van der Waals surface area (Å²) in [5.74, 6) is 0.599. The number of imidazole rings is 1. The Kier molecular flexibility index (Phi) is 4.07. The molecule has 138 valence electrons. The Morgan fingerprint density at radius 1 is 1.15 bits per heavy atom. The van der Waals surface area contributed by atoms with E-state index in [2.05, 4.69) is 15.0 Å². The van der Waals surface area contributed by atoms with Crippen molar-refractivity contribution in [3.8, 4) is 11.4 Å². The van der Waals surface area contributed by atoms with Gasteiger partial charge in [-0.2, -0.15) is 0 Å². The molecule has 9 nitrogen and oxygen atoms in total. The molecule has 0 saturated heterocycles. The van der Waals surface area contributed by atoms with E-state index >= 15 is 0 Å². The first-order chi connectivity index (χ1) is 12.8. The fraction of sp³-hybridized carbons (Fsp3) is 0.118. The Morgan fingerprint density at radius 3 is 2.56 bits per heavy atom. The van der Waals surface area contributed by atoms with Crippen molar-refractivity contribution in [2.75, 3.05) is 6.16 Å². The monoisotopic (exact) mass is 386 g/mol. The molecule has 2 heterocycles. The minimum absolute atomic E-state index is 0.270. The number of hydrogen-bond acceptors (Lipinski definition) is 4. The summed E-state index contributed by atoms with van der Waals surface area (Å²) in [4.78, 5) is 52.7. The van der Waals surface area contributed by atoms with E-state index in [0.717, 1.165) is 15.5 Å². The van der Waals surface area contributed by atoms with Gasteiger partial charge in [0.05, 0.1) is 17.2 Å². The molecule has 0 aliphatic carbocycles. The lowest BCUT2D eigenvalue weighted by molar-refractivity contribution is 0.370. The van der Waals surface area contributed by atoms with Crippen LogP contribution in [0.3, 0.4) is 0 Å². The van der Waals surface area contributed by atoms with Gasteiger partial charge in [0.25, 0.3) is 0 Å². The molecular formula is C17H15N4O5P. The normalized spacial score (nSPS) is 12.1. The summed E-state index contributed by atoms with van der Waals surface area (Å²) in [6, 6.07) is 8.97. The molecule has 0 aliphatic heterocycles. The minimum Gasteiger partial charge on any atom is -0.345 e. The fourth-order valence-electron chi connectivity index (χ4n) is 3.20. The van der Waals surface area contributed by atoms with Crippen molar-refractivity contribution < 1.29 is 14.4 Å². The number of aryl methyl sites for hydroxylation is 1. The molecule has 0 spiro atoms. The first-order valence-electron chi connectivity index (χ1n) is 8.08. The van der Waals surface area contributed by atoms with E-state index in [1.54, 1.807) is 30.6 Å². The average Bonchev–Trinajstić information content (AvgIpc) is 3.15. The summed E-state index contributed by atoms with van der Waals surface area (Å²) >= 11 is 0. The molecule has 2 aromatic carbocycles. The number of aromatic nitrogens is 4. The summed E-state index contributed by atoms with van der Waals surface area (Å²) in [5.41, 5.74) is -0.172. The molecule has 0 bridgehead atoms. The van der Waals surface area contributed by atoms with Crippen molar-refractivity contribution >= 4 is 29.4 Å². The number of nitrogens with one attached hydrogen (secondary N) is 2. The third-order valence-corrected chi connectivity index (χ3v) is 5.12. The Hall–Kier alpha value is -3.00. The molecule has 0 atom stereocenters. The molecule has 4 aromatic rings. The fourth-order valence-corrected chi connectivity index (χ4v) is 3.66. The van der Waals surface area contributed by atoms with Crippen LogP contribution in [-0.2, 0) is 11.1 Å². The van der Waals surface area contributed by atoms with Crippen LogP contribution < -0.4 is 11.1 Å². The summed E-state index contributed by atoms with van der Waals surface area (Å²) in [5, 5.41) is 1.46. The highest BCUT2D eigenvalue weighted by Crippen LogP contribution is 2.35. The number of H-pyrrole nitrogens is 2. The highest BCUT2D eigenvalue weighted by atomic mass is 31.2. The number of aromatic amines is 2. The van der Waals surface area contributed by atoms with Crippen LogP contribution in [0.4, 0.5) is 0 Å². The average molecular weight is 386 g/mol. The number of hydrogen-bond donors (Lipinski definition) is 4. The van der Waals surface area contributed by atoms with Crippen molar-refractivity contribution in [3.63, 3.8) is 0 Å². The van der Waals surface area contributed by atoms with E-state index in [9.17, 15) is 23.9 Å². The highest BCUT2D eigenvalue weighted by Gasteiger charge is 2.18. The Labute approximate surface area is 151 Å². The molecular weight excluding hydrogens is 371 g/mol. The second-order valence-electron chi connectivity index (χ2n) is 6.10. The van der Waals surface area contributed by atoms with E-state index in [4.69, 9.17) is 0 Å². The molecule has 27 heavy (non-hydrogen) atoms. The molecule has 0 aliphatic rings. The molecule has 10 heteroatoms. The van der Waals surface area contributed by atoms with Crippen molar-refractivity contribution in [1.29, 1.82) is 0 Å². The van der Waals surface area contributed by atoms with E-state index < -0.39 is 24.9 Å². The summed E-state index contributed by atoms with van der Waals surface area (Å²) in [6.07, 6.45) is 2.75. The SMILES string of the molecule is O=c1[nH]c2cc(-c3ncc[nH]3)c3ccccc3c2n(CCP(=O)(O)O)c1=O. The van der Waals surface area contributed by atoms with Crippen molar-refractivity contribution in [3.05, 3.63) is 63.4 Å². The van der Waals surface area contributed by atoms with Gasteiger partial charge in [-0.15, -0.1) is 0 Å². The Morgan fingerprint density at radius 2 is 1.89 bits per heavy atom. The lowest BCUT2D eigenvalue weighted by Gasteiger charge is -2.14. The molecule has 0 radical (unpaired) electrons. The maximum Gasteiger partial charge on any atom is 0.327 e.